The topological polar surface area (TPSA) is 127 Å². The summed E-state index contributed by atoms with van der Waals surface area (Å²) in [5.41, 5.74) is 10.3. The zero-order chi connectivity index (χ0) is 24.7. The van der Waals surface area contributed by atoms with Crippen LogP contribution in [0.25, 0.3) is 27.9 Å². The Labute approximate surface area is 197 Å². The fraction of sp³-hybridized carbons (Fsp3) is 0.125. The van der Waals surface area contributed by atoms with E-state index in [1.807, 2.05) is 0 Å². The number of benzene rings is 2. The molecular formula is C24H19F2N7O2. The minimum atomic E-state index is -2.93. The van der Waals surface area contributed by atoms with Crippen molar-refractivity contribution in [2.45, 2.75) is 12.3 Å². The van der Waals surface area contributed by atoms with Gasteiger partial charge in [0.2, 0.25) is 11.8 Å². The van der Waals surface area contributed by atoms with Crippen molar-refractivity contribution < 1.29 is 18.4 Å². The maximum atomic E-state index is 13.2. The highest BCUT2D eigenvalue weighted by Crippen LogP contribution is 2.49. The number of alkyl halides is 2. The van der Waals surface area contributed by atoms with Gasteiger partial charge >= 0.3 is 0 Å². The van der Waals surface area contributed by atoms with Gasteiger partial charge in [-0.25, -0.2) is 13.8 Å². The van der Waals surface area contributed by atoms with Crippen LogP contribution in [0.2, 0.25) is 0 Å². The zero-order valence-electron chi connectivity index (χ0n) is 18.2. The summed E-state index contributed by atoms with van der Waals surface area (Å²) < 4.78 is 27.7. The summed E-state index contributed by atoms with van der Waals surface area (Å²) in [6.45, 7) is 3.43. The molecule has 1 saturated carbocycles. The lowest BCUT2D eigenvalue weighted by Crippen LogP contribution is -2.17. The van der Waals surface area contributed by atoms with Gasteiger partial charge in [-0.2, -0.15) is 0 Å². The predicted molar refractivity (Wildman–Crippen MR) is 127 cm³/mol. The highest BCUT2D eigenvalue weighted by molar-refractivity contribution is 6.00. The fourth-order valence-electron chi connectivity index (χ4n) is 3.75. The second-order valence-electron chi connectivity index (χ2n) is 8.06. The van der Waals surface area contributed by atoms with Crippen molar-refractivity contribution in [3.8, 4) is 22.4 Å². The Morgan fingerprint density at radius 1 is 1.06 bits per heavy atom. The third-order valence-electron chi connectivity index (χ3n) is 5.66. The van der Waals surface area contributed by atoms with Crippen molar-refractivity contribution in [3.63, 3.8) is 0 Å². The maximum Gasteiger partial charge on any atom is 0.260 e. The quantitative estimate of drug-likeness (QED) is 0.365. The van der Waals surface area contributed by atoms with Gasteiger partial charge in [-0.3, -0.25) is 9.59 Å². The molecule has 0 saturated heterocycles. The molecule has 9 nitrogen and oxygen atoms in total. The number of carbonyl (C=O) groups is 2. The smallest absolute Gasteiger partial charge is 0.260 e. The average molecular weight is 475 g/mol. The normalized spacial score (nSPS) is 16.0. The lowest BCUT2D eigenvalue weighted by atomic mass is 9.99. The number of halogens is 2. The average Bonchev–Trinajstić information content (AvgIpc) is 3.31. The van der Waals surface area contributed by atoms with Crippen LogP contribution in [0.1, 0.15) is 6.42 Å². The van der Waals surface area contributed by atoms with Crippen LogP contribution >= 0.6 is 0 Å². The fourth-order valence-corrected chi connectivity index (χ4v) is 3.75. The summed E-state index contributed by atoms with van der Waals surface area (Å²) in [6, 6.07) is 13.7. The molecule has 11 heteroatoms. The van der Waals surface area contributed by atoms with Crippen LogP contribution in [0.4, 0.5) is 26.0 Å². The SMILES string of the molecule is C=CC(=O)Nc1ccc(-c2nn3ncnc(N)c3c2-c2ccc(NC(=O)C3CC3(F)F)cc2)cc1. The van der Waals surface area contributed by atoms with Gasteiger partial charge < -0.3 is 16.4 Å². The summed E-state index contributed by atoms with van der Waals surface area (Å²) >= 11 is 0. The van der Waals surface area contributed by atoms with Crippen molar-refractivity contribution >= 4 is 34.5 Å². The summed E-state index contributed by atoms with van der Waals surface area (Å²) in [7, 11) is 0. The Hall–Kier alpha value is -4.67. The molecule has 0 aliphatic heterocycles. The molecule has 0 spiro atoms. The summed E-state index contributed by atoms with van der Waals surface area (Å²) in [4.78, 5) is 27.6. The number of nitrogens with one attached hydrogen (secondary N) is 2. The Morgan fingerprint density at radius 3 is 2.26 bits per heavy atom. The molecule has 176 valence electrons. The van der Waals surface area contributed by atoms with Crippen LogP contribution in [0, 0.1) is 5.92 Å². The molecule has 1 unspecified atom stereocenters. The van der Waals surface area contributed by atoms with E-state index >= 15 is 0 Å². The minimum Gasteiger partial charge on any atom is -0.382 e. The van der Waals surface area contributed by atoms with Gasteiger partial charge in [0, 0.05) is 28.9 Å². The van der Waals surface area contributed by atoms with Crippen LogP contribution in [-0.4, -0.2) is 37.5 Å². The number of hydrogen-bond donors (Lipinski definition) is 3. The number of rotatable bonds is 6. The lowest BCUT2D eigenvalue weighted by molar-refractivity contribution is -0.119. The van der Waals surface area contributed by atoms with Crippen molar-refractivity contribution in [3.05, 3.63) is 67.5 Å². The van der Waals surface area contributed by atoms with Crippen molar-refractivity contribution in [2.24, 2.45) is 5.92 Å². The number of nitrogens with two attached hydrogens (primary N) is 1. The predicted octanol–water partition coefficient (Wildman–Crippen LogP) is 3.76. The molecule has 35 heavy (non-hydrogen) atoms. The van der Waals surface area contributed by atoms with Crippen LogP contribution in [0.15, 0.2) is 67.5 Å². The highest BCUT2D eigenvalue weighted by atomic mass is 19.3. The molecule has 1 fully saturated rings. The Balaban J connectivity index is 1.51. The number of hydrogen-bond acceptors (Lipinski definition) is 6. The number of amides is 2. The zero-order valence-corrected chi connectivity index (χ0v) is 18.2. The van der Waals surface area contributed by atoms with E-state index in [4.69, 9.17) is 5.73 Å². The first-order valence-corrected chi connectivity index (χ1v) is 10.6. The van der Waals surface area contributed by atoms with E-state index in [0.29, 0.717) is 33.7 Å². The molecule has 1 aliphatic rings. The standard InChI is InChI=1S/C24H19F2N7O2/c1-2-18(34)30-15-9-5-14(6-10-15)20-19(21-22(27)28-12-29-33(21)32-20)13-3-7-16(8-4-13)31-23(35)17-11-24(17,25)26/h2-10,12,17H,1,11H2,(H,30,34)(H,31,35)(H2,27,28,29). The second kappa shape index (κ2) is 8.28. The largest absolute Gasteiger partial charge is 0.382 e. The molecule has 0 radical (unpaired) electrons. The maximum absolute atomic E-state index is 13.2. The molecule has 4 N–H and O–H groups in total. The first-order chi connectivity index (χ1) is 16.8. The molecule has 2 heterocycles. The third kappa shape index (κ3) is 4.19. The van der Waals surface area contributed by atoms with Crippen molar-refractivity contribution in [1.82, 2.24) is 19.8 Å². The van der Waals surface area contributed by atoms with E-state index < -0.39 is 24.2 Å². The first kappa shape index (κ1) is 22.1. The van der Waals surface area contributed by atoms with Gasteiger partial charge in [-0.15, -0.1) is 14.8 Å². The third-order valence-corrected chi connectivity index (χ3v) is 5.66. The van der Waals surface area contributed by atoms with E-state index in [1.165, 1.54) is 17.0 Å². The highest BCUT2D eigenvalue weighted by Gasteiger charge is 2.61. The molecule has 2 aromatic heterocycles. The van der Waals surface area contributed by atoms with Crippen molar-refractivity contribution in [2.75, 3.05) is 16.4 Å². The Morgan fingerprint density at radius 2 is 1.66 bits per heavy atom. The molecule has 1 aliphatic carbocycles. The molecule has 5 rings (SSSR count). The first-order valence-electron chi connectivity index (χ1n) is 10.6. The van der Waals surface area contributed by atoms with Crippen molar-refractivity contribution in [1.29, 1.82) is 0 Å². The molecule has 0 bridgehead atoms. The molecule has 1 atom stereocenters. The Kier molecular flexibility index (Phi) is 5.24. The molecule has 2 aromatic carbocycles. The van der Waals surface area contributed by atoms with Gasteiger partial charge in [-0.1, -0.05) is 30.8 Å². The minimum absolute atomic E-state index is 0.219. The second-order valence-corrected chi connectivity index (χ2v) is 8.06. The van der Waals surface area contributed by atoms with Gasteiger partial charge in [0.15, 0.2) is 5.82 Å². The van der Waals surface area contributed by atoms with Gasteiger partial charge in [0.25, 0.3) is 5.92 Å². The van der Waals surface area contributed by atoms with E-state index in [1.54, 1.807) is 48.5 Å². The number of nitrogens with zero attached hydrogens (tertiary/aromatic N) is 4. The lowest BCUT2D eigenvalue weighted by Gasteiger charge is -2.08. The van der Waals surface area contributed by atoms with E-state index in [2.05, 4.69) is 32.4 Å². The van der Waals surface area contributed by atoms with Crippen LogP contribution < -0.4 is 16.4 Å². The number of anilines is 3. The molecule has 4 aromatic rings. The number of fused-ring (bicyclic) bond motifs is 1. The monoisotopic (exact) mass is 475 g/mol. The number of nitrogen functional groups attached to an aromatic ring is 1. The van der Waals surface area contributed by atoms with Crippen LogP contribution in [0.3, 0.4) is 0 Å². The van der Waals surface area contributed by atoms with E-state index in [0.717, 1.165) is 5.56 Å². The number of aromatic nitrogens is 4. The van der Waals surface area contributed by atoms with Gasteiger partial charge in [0.1, 0.15) is 23.5 Å². The van der Waals surface area contributed by atoms with Gasteiger partial charge in [-0.05, 0) is 35.9 Å². The number of carbonyl (C=O) groups excluding carboxylic acids is 2. The van der Waals surface area contributed by atoms with Crippen LogP contribution in [-0.2, 0) is 9.59 Å². The Bertz CT molecular complexity index is 1460. The summed E-state index contributed by atoms with van der Waals surface area (Å²) in [5, 5.41) is 13.9. The summed E-state index contributed by atoms with van der Waals surface area (Å²) in [6.07, 6.45) is 2.04. The van der Waals surface area contributed by atoms with Gasteiger partial charge in [0.05, 0.1) is 0 Å². The molecular weight excluding hydrogens is 456 g/mol. The summed E-state index contributed by atoms with van der Waals surface area (Å²) in [5.74, 6) is -5.04. The van der Waals surface area contributed by atoms with E-state index in [9.17, 15) is 18.4 Å². The van der Waals surface area contributed by atoms with E-state index in [-0.39, 0.29) is 11.7 Å². The van der Waals surface area contributed by atoms with Crippen LogP contribution in [0.5, 0.6) is 0 Å². The molecule has 2 amide bonds.